The number of halogens is 1. The largest absolute Gasteiger partial charge is 0.353 e. The summed E-state index contributed by atoms with van der Waals surface area (Å²) >= 11 is 3.53. The first kappa shape index (κ1) is 10.5. The minimum absolute atomic E-state index is 0.0788. The maximum absolute atomic E-state index is 12.3. The predicted octanol–water partition coefficient (Wildman–Crippen LogP) is 3.75. The highest BCUT2D eigenvalue weighted by molar-refractivity contribution is 9.10. The third kappa shape index (κ3) is 1.50. The molecular weight excluding hydrogens is 278 g/mol. The van der Waals surface area contributed by atoms with Crippen LogP contribution in [0.25, 0.3) is 21.8 Å². The van der Waals surface area contributed by atoms with Crippen LogP contribution in [0, 0.1) is 6.92 Å². The molecule has 17 heavy (non-hydrogen) atoms. The smallest absolute Gasteiger partial charge is 0.197 e. The lowest BCUT2D eigenvalue weighted by atomic mass is 10.1. The molecule has 0 fully saturated rings. The molecule has 3 heteroatoms. The topological polar surface area (TPSA) is 32.9 Å². The molecule has 0 atom stereocenters. The van der Waals surface area contributed by atoms with Crippen LogP contribution in [-0.4, -0.2) is 4.98 Å². The molecular formula is C14H10BrNO. The van der Waals surface area contributed by atoms with Crippen LogP contribution in [0.2, 0.25) is 0 Å². The number of H-pyrrole nitrogens is 1. The molecule has 1 heterocycles. The third-order valence-corrected chi connectivity index (χ3v) is 4.03. The van der Waals surface area contributed by atoms with Crippen molar-refractivity contribution in [3.8, 4) is 0 Å². The van der Waals surface area contributed by atoms with Gasteiger partial charge >= 0.3 is 0 Å². The van der Waals surface area contributed by atoms with Gasteiger partial charge in [-0.3, -0.25) is 4.79 Å². The summed E-state index contributed by atoms with van der Waals surface area (Å²) in [5.74, 6) is 0. The lowest BCUT2D eigenvalue weighted by Gasteiger charge is -2.06. The lowest BCUT2D eigenvalue weighted by Crippen LogP contribution is -2.04. The molecule has 1 N–H and O–H groups in total. The van der Waals surface area contributed by atoms with Crippen molar-refractivity contribution in [2.75, 3.05) is 0 Å². The standard InChI is InChI=1S/C14H10BrNO/c1-8-6-7-10-13(12(8)15)16-11-5-3-2-4-9(11)14(10)17/h2-7H,1H3,(H,16,17). The molecule has 0 saturated heterocycles. The van der Waals surface area contributed by atoms with E-state index >= 15 is 0 Å². The van der Waals surface area contributed by atoms with E-state index in [1.807, 2.05) is 43.3 Å². The maximum Gasteiger partial charge on any atom is 0.197 e. The predicted molar refractivity (Wildman–Crippen MR) is 74.5 cm³/mol. The van der Waals surface area contributed by atoms with Gasteiger partial charge in [0, 0.05) is 20.8 Å². The average Bonchev–Trinajstić information content (AvgIpc) is 2.35. The number of aromatic amines is 1. The molecule has 0 spiro atoms. The van der Waals surface area contributed by atoms with E-state index in [1.54, 1.807) is 0 Å². The summed E-state index contributed by atoms with van der Waals surface area (Å²) in [6.45, 7) is 2.01. The summed E-state index contributed by atoms with van der Waals surface area (Å²) in [6, 6.07) is 11.4. The van der Waals surface area contributed by atoms with Crippen molar-refractivity contribution < 1.29 is 0 Å². The van der Waals surface area contributed by atoms with Crippen molar-refractivity contribution in [2.45, 2.75) is 6.92 Å². The molecule has 1 aromatic heterocycles. The fourth-order valence-corrected chi connectivity index (χ4v) is 2.51. The summed E-state index contributed by atoms with van der Waals surface area (Å²) in [4.78, 5) is 15.6. The summed E-state index contributed by atoms with van der Waals surface area (Å²) < 4.78 is 0.956. The number of rotatable bonds is 0. The Morgan fingerprint density at radius 1 is 1.06 bits per heavy atom. The summed E-state index contributed by atoms with van der Waals surface area (Å²) in [5.41, 5.74) is 2.93. The van der Waals surface area contributed by atoms with Crippen LogP contribution in [0.4, 0.5) is 0 Å². The van der Waals surface area contributed by atoms with Gasteiger partial charge in [-0.05, 0) is 46.6 Å². The molecule has 0 aliphatic heterocycles. The first-order valence-electron chi connectivity index (χ1n) is 5.38. The number of pyridine rings is 1. The molecule has 84 valence electrons. The van der Waals surface area contributed by atoms with Gasteiger partial charge in [0.05, 0.1) is 5.52 Å². The van der Waals surface area contributed by atoms with E-state index in [0.717, 1.165) is 31.8 Å². The Hall–Kier alpha value is -1.61. The Balaban J connectivity index is 2.64. The van der Waals surface area contributed by atoms with Crippen molar-refractivity contribution >= 4 is 37.7 Å². The minimum Gasteiger partial charge on any atom is -0.353 e. The summed E-state index contributed by atoms with van der Waals surface area (Å²) in [6.07, 6.45) is 0. The van der Waals surface area contributed by atoms with Crippen LogP contribution in [0.3, 0.4) is 0 Å². The highest BCUT2D eigenvalue weighted by atomic mass is 79.9. The Bertz CT molecular complexity index is 789. The van der Waals surface area contributed by atoms with Gasteiger partial charge in [0.2, 0.25) is 0 Å². The SMILES string of the molecule is Cc1ccc2c(=O)c3ccccc3[nH]c2c1Br. The number of benzene rings is 2. The third-order valence-electron chi connectivity index (χ3n) is 3.01. The molecule has 3 aromatic rings. The fourth-order valence-electron chi connectivity index (χ4n) is 2.06. The van der Waals surface area contributed by atoms with Crippen LogP contribution in [0.15, 0.2) is 45.7 Å². The Labute approximate surface area is 106 Å². The van der Waals surface area contributed by atoms with E-state index in [9.17, 15) is 4.79 Å². The van der Waals surface area contributed by atoms with Crippen molar-refractivity contribution in [3.05, 3.63) is 56.7 Å². The van der Waals surface area contributed by atoms with Crippen molar-refractivity contribution in [3.63, 3.8) is 0 Å². The fraction of sp³-hybridized carbons (Fsp3) is 0.0714. The van der Waals surface area contributed by atoms with E-state index in [-0.39, 0.29) is 5.43 Å². The second kappa shape index (κ2) is 3.70. The lowest BCUT2D eigenvalue weighted by molar-refractivity contribution is 1.40. The van der Waals surface area contributed by atoms with Crippen LogP contribution in [-0.2, 0) is 0 Å². The van der Waals surface area contributed by atoms with Crippen molar-refractivity contribution in [2.24, 2.45) is 0 Å². The van der Waals surface area contributed by atoms with Gasteiger partial charge in [-0.15, -0.1) is 0 Å². The number of para-hydroxylation sites is 1. The van der Waals surface area contributed by atoms with Crippen LogP contribution < -0.4 is 5.43 Å². The number of aromatic nitrogens is 1. The van der Waals surface area contributed by atoms with Gasteiger partial charge in [0.15, 0.2) is 5.43 Å². The van der Waals surface area contributed by atoms with Crippen molar-refractivity contribution in [1.29, 1.82) is 0 Å². The molecule has 0 aliphatic rings. The number of nitrogens with one attached hydrogen (secondary N) is 1. The van der Waals surface area contributed by atoms with Gasteiger partial charge in [0.1, 0.15) is 0 Å². The normalized spacial score (nSPS) is 11.2. The molecule has 0 aliphatic carbocycles. The highest BCUT2D eigenvalue weighted by Crippen LogP contribution is 2.25. The second-order valence-electron chi connectivity index (χ2n) is 4.12. The summed E-state index contributed by atoms with van der Waals surface area (Å²) in [7, 11) is 0. The Morgan fingerprint density at radius 2 is 1.82 bits per heavy atom. The number of hydrogen-bond acceptors (Lipinski definition) is 1. The molecule has 3 rings (SSSR count). The Morgan fingerprint density at radius 3 is 2.65 bits per heavy atom. The zero-order valence-electron chi connectivity index (χ0n) is 9.25. The van der Waals surface area contributed by atoms with Gasteiger partial charge in [-0.1, -0.05) is 18.2 Å². The van der Waals surface area contributed by atoms with Crippen LogP contribution >= 0.6 is 15.9 Å². The van der Waals surface area contributed by atoms with Crippen molar-refractivity contribution in [1.82, 2.24) is 4.98 Å². The van der Waals surface area contributed by atoms with E-state index in [0.29, 0.717) is 0 Å². The molecule has 0 bridgehead atoms. The number of aryl methyl sites for hydroxylation is 1. The first-order valence-corrected chi connectivity index (χ1v) is 6.17. The number of hydrogen-bond donors (Lipinski definition) is 1. The zero-order chi connectivity index (χ0) is 12.0. The molecule has 0 saturated carbocycles. The maximum atomic E-state index is 12.3. The molecule has 0 radical (unpaired) electrons. The van der Waals surface area contributed by atoms with Gasteiger partial charge in [-0.2, -0.15) is 0 Å². The zero-order valence-corrected chi connectivity index (χ0v) is 10.8. The average molecular weight is 288 g/mol. The highest BCUT2D eigenvalue weighted by Gasteiger charge is 2.08. The molecule has 2 nitrogen and oxygen atoms in total. The van der Waals surface area contributed by atoms with E-state index in [4.69, 9.17) is 0 Å². The summed E-state index contributed by atoms with van der Waals surface area (Å²) in [5, 5.41) is 1.46. The number of fused-ring (bicyclic) bond motifs is 2. The minimum atomic E-state index is 0.0788. The molecule has 2 aromatic carbocycles. The molecule has 0 unspecified atom stereocenters. The second-order valence-corrected chi connectivity index (χ2v) is 4.91. The Kier molecular flexibility index (Phi) is 2.30. The van der Waals surface area contributed by atoms with Gasteiger partial charge < -0.3 is 4.98 Å². The van der Waals surface area contributed by atoms with Crippen LogP contribution in [0.5, 0.6) is 0 Å². The van der Waals surface area contributed by atoms with E-state index in [2.05, 4.69) is 20.9 Å². The quantitative estimate of drug-likeness (QED) is 0.628. The van der Waals surface area contributed by atoms with E-state index < -0.39 is 0 Å². The van der Waals surface area contributed by atoms with Gasteiger partial charge in [-0.25, -0.2) is 0 Å². The van der Waals surface area contributed by atoms with Gasteiger partial charge in [0.25, 0.3) is 0 Å². The van der Waals surface area contributed by atoms with E-state index in [1.165, 1.54) is 0 Å². The van der Waals surface area contributed by atoms with Crippen LogP contribution in [0.1, 0.15) is 5.56 Å². The molecule has 0 amide bonds. The first-order chi connectivity index (χ1) is 8.18. The monoisotopic (exact) mass is 287 g/mol.